The predicted octanol–water partition coefficient (Wildman–Crippen LogP) is 6.29. The summed E-state index contributed by atoms with van der Waals surface area (Å²) < 4.78 is 0. The molecule has 3 saturated carbocycles. The summed E-state index contributed by atoms with van der Waals surface area (Å²) in [7, 11) is 3.87. The first-order valence-electron chi connectivity index (χ1n) is 14.6. The Bertz CT molecular complexity index is 1210. The Morgan fingerprint density at radius 1 is 1.03 bits per heavy atom. The average Bonchev–Trinajstić information content (AvgIpc) is 2.84. The maximum absolute atomic E-state index is 12.7. The molecule has 3 fully saturated rings. The van der Waals surface area contributed by atoms with Gasteiger partial charge < -0.3 is 15.3 Å². The van der Waals surface area contributed by atoms with E-state index in [1.165, 1.54) is 24.8 Å². The lowest BCUT2D eigenvalue weighted by molar-refractivity contribution is -0.161. The highest BCUT2D eigenvalue weighted by Crippen LogP contribution is 2.75. The Morgan fingerprint density at radius 2 is 1.71 bits per heavy atom. The van der Waals surface area contributed by atoms with E-state index in [0.29, 0.717) is 23.5 Å². The second-order valence-electron chi connectivity index (χ2n) is 14.9. The topological polar surface area (TPSA) is 69.6 Å². The molecule has 0 saturated heterocycles. The van der Waals surface area contributed by atoms with E-state index in [9.17, 15) is 14.7 Å². The molecule has 6 atom stereocenters. The molecule has 2 N–H and O–H groups in total. The summed E-state index contributed by atoms with van der Waals surface area (Å²) in [6.45, 7) is 15.4. The first kappa shape index (κ1) is 27.4. The van der Waals surface area contributed by atoms with Crippen LogP contribution in [0.2, 0.25) is 0 Å². The number of carbonyl (C=O) groups is 2. The molecule has 0 aliphatic heterocycles. The van der Waals surface area contributed by atoms with Crippen molar-refractivity contribution in [2.45, 2.75) is 86.5 Å². The summed E-state index contributed by atoms with van der Waals surface area (Å²) in [5.74, 6) is 0.311. The third-order valence-electron chi connectivity index (χ3n) is 12.1. The molecule has 0 heterocycles. The van der Waals surface area contributed by atoms with Gasteiger partial charge in [-0.05, 0) is 111 Å². The number of fused-ring (bicyclic) bond motifs is 7. The van der Waals surface area contributed by atoms with Crippen LogP contribution >= 0.6 is 0 Å². The molecular formula is C33H48N2O3. The molecule has 0 radical (unpaired) electrons. The maximum Gasteiger partial charge on any atom is 0.234 e. The Morgan fingerprint density at radius 3 is 2.39 bits per heavy atom. The summed E-state index contributed by atoms with van der Waals surface area (Å²) in [5.41, 5.74) is 4.70. The van der Waals surface area contributed by atoms with Crippen LogP contribution in [0, 0.1) is 33.0 Å². The number of allylic oxidation sites excluding steroid dienone is 7. The van der Waals surface area contributed by atoms with Gasteiger partial charge in [0.25, 0.3) is 0 Å². The number of amides is 1. The van der Waals surface area contributed by atoms with E-state index in [0.717, 1.165) is 43.4 Å². The molecule has 0 aromatic heterocycles. The molecule has 208 valence electrons. The van der Waals surface area contributed by atoms with Crippen molar-refractivity contribution < 1.29 is 14.7 Å². The maximum atomic E-state index is 12.7. The van der Waals surface area contributed by atoms with Crippen molar-refractivity contribution in [3.05, 3.63) is 46.3 Å². The average molecular weight is 521 g/mol. The number of aliphatic hydroxyl groups is 1. The van der Waals surface area contributed by atoms with Crippen LogP contribution in [-0.4, -0.2) is 48.9 Å². The molecule has 5 rings (SSSR count). The zero-order valence-corrected chi connectivity index (χ0v) is 24.9. The second-order valence-corrected chi connectivity index (χ2v) is 14.9. The van der Waals surface area contributed by atoms with Crippen LogP contribution in [0.1, 0.15) is 86.5 Å². The monoisotopic (exact) mass is 520 g/mol. The normalized spacial score (nSPS) is 42.3. The van der Waals surface area contributed by atoms with Gasteiger partial charge in [-0.2, -0.15) is 0 Å². The van der Waals surface area contributed by atoms with E-state index in [1.54, 1.807) is 6.08 Å². The highest BCUT2D eigenvalue weighted by atomic mass is 16.3. The standard InChI is InChI=1S/C33H48N2O3/c1-21-22-9-10-25-31(4,23(22)17-24(36)28(21)38)14-16-33(6)26-18-29(2,20-34-27(37)19-35(7)8)11-12-30(26,3)13-15-32(25,33)5/h9-10,17,26,38H,11-16,18-20H2,1-8H3,(H,34,37)/t26-,29-,30+,31+,32-,33+/m1/s1. The van der Waals surface area contributed by atoms with Crippen LogP contribution in [0.25, 0.3) is 0 Å². The summed E-state index contributed by atoms with van der Waals surface area (Å²) in [6, 6.07) is 0. The fourth-order valence-corrected chi connectivity index (χ4v) is 9.34. The van der Waals surface area contributed by atoms with Crippen molar-refractivity contribution in [2.24, 2.45) is 33.0 Å². The van der Waals surface area contributed by atoms with E-state index < -0.39 is 0 Å². The van der Waals surface area contributed by atoms with Gasteiger partial charge in [0.05, 0.1) is 6.54 Å². The molecule has 5 aliphatic rings. The summed E-state index contributed by atoms with van der Waals surface area (Å²) in [5, 5.41) is 13.6. The van der Waals surface area contributed by atoms with E-state index >= 15 is 0 Å². The number of carbonyl (C=O) groups excluding carboxylic acids is 2. The number of likely N-dealkylation sites (N-methyl/N-ethyl adjacent to an activating group) is 1. The van der Waals surface area contributed by atoms with Crippen molar-refractivity contribution in [2.75, 3.05) is 27.2 Å². The number of nitrogens with one attached hydrogen (secondary N) is 1. The number of hydrogen-bond acceptors (Lipinski definition) is 4. The van der Waals surface area contributed by atoms with Gasteiger partial charge >= 0.3 is 0 Å². The number of aliphatic hydroxyl groups excluding tert-OH is 1. The van der Waals surface area contributed by atoms with Crippen LogP contribution < -0.4 is 5.32 Å². The first-order valence-corrected chi connectivity index (χ1v) is 14.6. The van der Waals surface area contributed by atoms with Crippen molar-refractivity contribution in [3.63, 3.8) is 0 Å². The molecule has 0 unspecified atom stereocenters. The SMILES string of the molecule is CC1=C(O)C(=O)C=C2C1=CC=C1[C@@]2(C)CC[C@@]2(C)[C@@H]3C[C@](C)(CNC(=O)CN(C)C)CC[C@@]3(C)CC[C@]12C. The van der Waals surface area contributed by atoms with Crippen LogP contribution in [-0.2, 0) is 9.59 Å². The van der Waals surface area contributed by atoms with Gasteiger partial charge in [0.15, 0.2) is 5.76 Å². The highest BCUT2D eigenvalue weighted by molar-refractivity contribution is 6.06. The fourth-order valence-electron chi connectivity index (χ4n) is 9.34. The van der Waals surface area contributed by atoms with Gasteiger partial charge in [0.1, 0.15) is 0 Å². The van der Waals surface area contributed by atoms with Crippen molar-refractivity contribution in [1.29, 1.82) is 0 Å². The van der Waals surface area contributed by atoms with Crippen molar-refractivity contribution >= 4 is 11.7 Å². The number of rotatable bonds is 4. The molecule has 0 spiro atoms. The Hall–Kier alpha value is -2.14. The quantitative estimate of drug-likeness (QED) is 0.457. The van der Waals surface area contributed by atoms with Crippen LogP contribution in [0.5, 0.6) is 0 Å². The molecule has 0 bridgehead atoms. The summed E-state index contributed by atoms with van der Waals surface area (Å²) >= 11 is 0. The van der Waals surface area contributed by atoms with E-state index in [1.807, 2.05) is 25.9 Å². The van der Waals surface area contributed by atoms with Gasteiger partial charge in [-0.3, -0.25) is 9.59 Å². The molecule has 0 aromatic rings. The number of ketones is 1. The fraction of sp³-hybridized carbons (Fsp3) is 0.697. The number of hydrogen-bond donors (Lipinski definition) is 2. The minimum Gasteiger partial charge on any atom is -0.504 e. The molecule has 5 heteroatoms. The van der Waals surface area contributed by atoms with Gasteiger partial charge in [-0.15, -0.1) is 0 Å². The first-order chi connectivity index (χ1) is 17.6. The lowest BCUT2D eigenvalue weighted by atomic mass is 9.34. The summed E-state index contributed by atoms with van der Waals surface area (Å²) in [6.07, 6.45) is 14.3. The van der Waals surface area contributed by atoms with Gasteiger partial charge in [0.2, 0.25) is 11.7 Å². The van der Waals surface area contributed by atoms with Crippen molar-refractivity contribution in [3.8, 4) is 0 Å². The Labute approximate surface area is 229 Å². The Kier molecular flexibility index (Phi) is 6.26. The van der Waals surface area contributed by atoms with Crippen LogP contribution in [0.3, 0.4) is 0 Å². The molecular weight excluding hydrogens is 472 g/mol. The van der Waals surface area contributed by atoms with Crippen LogP contribution in [0.4, 0.5) is 0 Å². The minimum absolute atomic E-state index is 0.0274. The van der Waals surface area contributed by atoms with E-state index in [2.05, 4.69) is 52.1 Å². The smallest absolute Gasteiger partial charge is 0.234 e. The van der Waals surface area contributed by atoms with E-state index in [-0.39, 0.29) is 39.1 Å². The molecule has 0 aromatic carbocycles. The zero-order chi connectivity index (χ0) is 27.9. The van der Waals surface area contributed by atoms with Crippen molar-refractivity contribution in [1.82, 2.24) is 10.2 Å². The largest absolute Gasteiger partial charge is 0.504 e. The van der Waals surface area contributed by atoms with Crippen LogP contribution in [0.15, 0.2) is 46.3 Å². The Balaban J connectivity index is 1.50. The second kappa shape index (κ2) is 8.68. The molecule has 1 amide bonds. The third-order valence-corrected chi connectivity index (χ3v) is 12.1. The lowest BCUT2D eigenvalue weighted by Crippen LogP contribution is -2.62. The number of nitrogens with zero attached hydrogens (tertiary/aromatic N) is 1. The zero-order valence-electron chi connectivity index (χ0n) is 24.9. The summed E-state index contributed by atoms with van der Waals surface area (Å²) in [4.78, 5) is 27.1. The minimum atomic E-state index is -0.258. The molecule has 5 nitrogen and oxygen atoms in total. The molecule has 5 aliphatic carbocycles. The molecule has 38 heavy (non-hydrogen) atoms. The predicted molar refractivity (Wildman–Crippen MR) is 152 cm³/mol. The third kappa shape index (κ3) is 3.82. The lowest BCUT2D eigenvalue weighted by Gasteiger charge is -2.70. The van der Waals surface area contributed by atoms with E-state index in [4.69, 9.17) is 0 Å². The van der Waals surface area contributed by atoms with Gasteiger partial charge in [-0.1, -0.05) is 52.3 Å². The van der Waals surface area contributed by atoms with Gasteiger partial charge in [-0.25, -0.2) is 0 Å². The highest BCUT2D eigenvalue weighted by Gasteiger charge is 2.66. The van der Waals surface area contributed by atoms with Gasteiger partial charge in [0, 0.05) is 17.5 Å².